The van der Waals surface area contributed by atoms with E-state index in [1.54, 1.807) is 5.57 Å². The molecule has 3 rings (SSSR count). The van der Waals surface area contributed by atoms with Gasteiger partial charge in [0, 0.05) is 12.3 Å². The number of carbonyl (C=O) groups excluding carboxylic acids is 1. The first-order chi connectivity index (χ1) is 17.7. The van der Waals surface area contributed by atoms with Gasteiger partial charge in [-0.15, -0.1) is 0 Å². The van der Waals surface area contributed by atoms with E-state index in [1.165, 1.54) is 44.0 Å². The summed E-state index contributed by atoms with van der Waals surface area (Å²) in [5.41, 5.74) is 4.29. The van der Waals surface area contributed by atoms with Gasteiger partial charge in [-0.3, -0.25) is 0 Å². The van der Waals surface area contributed by atoms with Gasteiger partial charge in [-0.25, -0.2) is 0 Å². The lowest BCUT2D eigenvalue weighted by atomic mass is 9.61. The molecular weight excluding hydrogens is 513 g/mol. The number of allylic oxidation sites excluding steroid dienone is 3. The standard InChI is InChI=1S/C34H60O3Si2/c1-24(23-35)29-18-19-30-26(15-14-20-34(29,30)9)16-17-27-21-28(36-38(10,11)32(3,4)5)22-31(25(27)2)37-39(12,13)33(6,7)8/h16-17,23-24,28-31H,2,14-15,18-22H2,1,3-13H3/b26-16+,27-17-/t24?,28-,29+,30-,31-,34+/m0/s1. The lowest BCUT2D eigenvalue weighted by Gasteiger charge is -2.45. The van der Waals surface area contributed by atoms with Crippen LogP contribution in [0.2, 0.25) is 36.3 Å². The van der Waals surface area contributed by atoms with E-state index >= 15 is 0 Å². The average molecular weight is 573 g/mol. The quantitative estimate of drug-likeness (QED) is 0.225. The minimum absolute atomic E-state index is 0.0139. The molecule has 0 N–H and O–H groups in total. The summed E-state index contributed by atoms with van der Waals surface area (Å²) in [4.78, 5) is 11.7. The highest BCUT2D eigenvalue weighted by Crippen LogP contribution is 2.59. The highest BCUT2D eigenvalue weighted by atomic mass is 28.4. The number of carbonyl (C=O) groups is 1. The zero-order chi connectivity index (χ0) is 29.6. The molecule has 0 heterocycles. The van der Waals surface area contributed by atoms with Crippen molar-refractivity contribution < 1.29 is 13.6 Å². The first-order valence-electron chi connectivity index (χ1n) is 15.6. The van der Waals surface area contributed by atoms with Crippen LogP contribution in [0, 0.1) is 23.2 Å². The van der Waals surface area contributed by atoms with Gasteiger partial charge in [0.05, 0.1) is 12.2 Å². The summed E-state index contributed by atoms with van der Waals surface area (Å²) in [6.07, 6.45) is 14.0. The van der Waals surface area contributed by atoms with Crippen LogP contribution in [0.4, 0.5) is 0 Å². The maximum absolute atomic E-state index is 11.7. The third-order valence-electron chi connectivity index (χ3n) is 11.6. The molecule has 3 saturated carbocycles. The van der Waals surface area contributed by atoms with Gasteiger partial charge in [0.1, 0.15) is 6.29 Å². The summed E-state index contributed by atoms with van der Waals surface area (Å²) < 4.78 is 14.0. The molecule has 0 spiro atoms. The van der Waals surface area contributed by atoms with Crippen LogP contribution in [0.15, 0.2) is 35.5 Å². The largest absolute Gasteiger partial charge is 0.413 e. The Hall–Kier alpha value is -0.756. The topological polar surface area (TPSA) is 35.5 Å². The van der Waals surface area contributed by atoms with Crippen molar-refractivity contribution in [3.8, 4) is 0 Å². The molecule has 0 bridgehead atoms. The summed E-state index contributed by atoms with van der Waals surface area (Å²) in [6, 6.07) is 0. The van der Waals surface area contributed by atoms with E-state index in [2.05, 4.69) is 100 Å². The smallest absolute Gasteiger partial charge is 0.192 e. The Kier molecular flexibility index (Phi) is 9.65. The van der Waals surface area contributed by atoms with Crippen molar-refractivity contribution in [2.75, 3.05) is 0 Å². The summed E-state index contributed by atoms with van der Waals surface area (Å²) in [5.74, 6) is 1.24. The van der Waals surface area contributed by atoms with Crippen LogP contribution in [0.1, 0.15) is 100 Å². The predicted octanol–water partition coefficient (Wildman–Crippen LogP) is 10.0. The van der Waals surface area contributed by atoms with Crippen LogP contribution in [0.5, 0.6) is 0 Å². The number of hydrogen-bond acceptors (Lipinski definition) is 3. The first kappa shape index (κ1) is 32.8. The van der Waals surface area contributed by atoms with Gasteiger partial charge in [0.2, 0.25) is 0 Å². The third-order valence-corrected chi connectivity index (χ3v) is 20.6. The molecule has 0 radical (unpaired) electrons. The average Bonchev–Trinajstić information content (AvgIpc) is 3.15. The zero-order valence-corrected chi connectivity index (χ0v) is 29.5. The molecule has 0 aromatic heterocycles. The van der Waals surface area contributed by atoms with Gasteiger partial charge in [0.25, 0.3) is 0 Å². The monoisotopic (exact) mass is 572 g/mol. The van der Waals surface area contributed by atoms with Crippen molar-refractivity contribution in [3.05, 3.63) is 35.5 Å². The molecule has 0 aromatic rings. The number of hydrogen-bond donors (Lipinski definition) is 0. The summed E-state index contributed by atoms with van der Waals surface area (Å²) in [7, 11) is -3.89. The normalized spacial score (nSPS) is 33.9. The summed E-state index contributed by atoms with van der Waals surface area (Å²) in [5, 5.41) is 0.323. The Morgan fingerprint density at radius 2 is 1.56 bits per heavy atom. The molecule has 3 fully saturated rings. The maximum atomic E-state index is 11.7. The van der Waals surface area contributed by atoms with E-state index in [-0.39, 0.29) is 33.6 Å². The fourth-order valence-electron chi connectivity index (χ4n) is 7.00. The molecule has 5 heteroatoms. The molecular formula is C34H60O3Si2. The van der Waals surface area contributed by atoms with Crippen molar-refractivity contribution in [2.24, 2.45) is 23.2 Å². The molecule has 0 saturated heterocycles. The zero-order valence-electron chi connectivity index (χ0n) is 27.5. The lowest BCUT2D eigenvalue weighted by molar-refractivity contribution is -0.113. The summed E-state index contributed by atoms with van der Waals surface area (Å²) >= 11 is 0. The number of rotatable bonds is 7. The van der Waals surface area contributed by atoms with Crippen LogP contribution in [0.25, 0.3) is 0 Å². The fourth-order valence-corrected chi connectivity index (χ4v) is 9.67. The minimum Gasteiger partial charge on any atom is -0.413 e. The minimum atomic E-state index is -1.97. The van der Waals surface area contributed by atoms with Gasteiger partial charge < -0.3 is 13.6 Å². The molecule has 1 unspecified atom stereocenters. The van der Waals surface area contributed by atoms with E-state index in [0.717, 1.165) is 18.4 Å². The van der Waals surface area contributed by atoms with E-state index in [0.29, 0.717) is 11.8 Å². The second-order valence-electron chi connectivity index (χ2n) is 16.4. The van der Waals surface area contributed by atoms with E-state index in [9.17, 15) is 4.79 Å². The van der Waals surface area contributed by atoms with E-state index in [4.69, 9.17) is 8.85 Å². The van der Waals surface area contributed by atoms with Crippen molar-refractivity contribution >= 4 is 22.9 Å². The Morgan fingerprint density at radius 3 is 2.13 bits per heavy atom. The Bertz CT molecular complexity index is 977. The van der Waals surface area contributed by atoms with Gasteiger partial charge >= 0.3 is 0 Å². The molecule has 0 aliphatic heterocycles. The molecule has 222 valence electrons. The second kappa shape index (κ2) is 11.5. The van der Waals surface area contributed by atoms with Crippen LogP contribution < -0.4 is 0 Å². The van der Waals surface area contributed by atoms with E-state index in [1.807, 2.05) is 0 Å². The predicted molar refractivity (Wildman–Crippen MR) is 172 cm³/mol. The van der Waals surface area contributed by atoms with Crippen LogP contribution in [-0.2, 0) is 13.6 Å². The number of aldehydes is 1. The Balaban J connectivity index is 1.93. The molecule has 0 amide bonds. The van der Waals surface area contributed by atoms with Gasteiger partial charge in [0.15, 0.2) is 16.6 Å². The Labute approximate surface area is 243 Å². The van der Waals surface area contributed by atoms with Gasteiger partial charge in [-0.05, 0) is 103 Å². The SMILES string of the molecule is C=C1/C(=C\C=C2/CCC[C@]3(C)[C@@H](C(C)C=O)CC[C@@H]23)C[C@H](O[Si](C)(C)C(C)(C)C)C[C@@H]1O[Si](C)(C)C(C)(C)C. The highest BCUT2D eigenvalue weighted by Gasteiger charge is 2.51. The summed E-state index contributed by atoms with van der Waals surface area (Å²) in [6.45, 7) is 32.6. The second-order valence-corrected chi connectivity index (χ2v) is 25.9. The van der Waals surface area contributed by atoms with Crippen LogP contribution in [-0.4, -0.2) is 35.1 Å². The van der Waals surface area contributed by atoms with Crippen molar-refractivity contribution in [3.63, 3.8) is 0 Å². The van der Waals surface area contributed by atoms with Gasteiger partial charge in [-0.2, -0.15) is 0 Å². The fraction of sp³-hybridized carbons (Fsp3) is 0.794. The van der Waals surface area contributed by atoms with E-state index < -0.39 is 16.6 Å². The molecule has 0 aromatic carbocycles. The van der Waals surface area contributed by atoms with Crippen LogP contribution in [0.3, 0.4) is 0 Å². The lowest BCUT2D eigenvalue weighted by Crippen LogP contribution is -2.49. The first-order valence-corrected chi connectivity index (χ1v) is 21.4. The van der Waals surface area contributed by atoms with Crippen LogP contribution >= 0.6 is 0 Å². The van der Waals surface area contributed by atoms with Gasteiger partial charge in [-0.1, -0.05) is 79.7 Å². The number of fused-ring (bicyclic) bond motifs is 1. The third kappa shape index (κ3) is 6.84. The van der Waals surface area contributed by atoms with Crippen molar-refractivity contribution in [1.82, 2.24) is 0 Å². The molecule has 3 aliphatic rings. The molecule has 6 atom stereocenters. The molecule has 3 aliphatic carbocycles. The maximum Gasteiger partial charge on any atom is 0.192 e. The Morgan fingerprint density at radius 1 is 0.974 bits per heavy atom. The van der Waals surface area contributed by atoms with Crippen molar-refractivity contribution in [1.29, 1.82) is 0 Å². The molecule has 3 nitrogen and oxygen atoms in total. The molecule has 39 heavy (non-hydrogen) atoms. The van der Waals surface area contributed by atoms with Crippen molar-refractivity contribution in [2.45, 2.75) is 149 Å². The highest BCUT2D eigenvalue weighted by molar-refractivity contribution is 6.74.